The molecule has 0 saturated heterocycles. The van der Waals surface area contributed by atoms with Crippen molar-refractivity contribution in [1.82, 2.24) is 0 Å². The van der Waals surface area contributed by atoms with Gasteiger partial charge in [0.25, 0.3) is 0 Å². The summed E-state index contributed by atoms with van der Waals surface area (Å²) in [5.74, 6) is -0.281. The van der Waals surface area contributed by atoms with E-state index in [-0.39, 0.29) is 5.82 Å². The molecule has 0 fully saturated rings. The van der Waals surface area contributed by atoms with Crippen molar-refractivity contribution in [2.45, 2.75) is 13.5 Å². The highest BCUT2D eigenvalue weighted by atomic mass is 19.1. The van der Waals surface area contributed by atoms with Gasteiger partial charge < -0.3 is 10.5 Å². The normalized spacial score (nSPS) is 10.2. The fraction of sp³-hybridized carbons (Fsp3) is 0.133. The number of rotatable bonds is 4. The molecule has 0 radical (unpaired) electrons. The number of halogens is 1. The Kier molecular flexibility index (Phi) is 3.80. The lowest BCUT2D eigenvalue weighted by Gasteiger charge is -2.07. The van der Waals surface area contributed by atoms with Crippen LogP contribution in [0.25, 0.3) is 0 Å². The van der Waals surface area contributed by atoms with Crippen LogP contribution in [0.4, 0.5) is 4.39 Å². The number of amides is 1. The van der Waals surface area contributed by atoms with E-state index in [0.717, 1.165) is 5.56 Å². The second-order valence-corrected chi connectivity index (χ2v) is 4.26. The van der Waals surface area contributed by atoms with Gasteiger partial charge in [-0.1, -0.05) is 18.2 Å². The van der Waals surface area contributed by atoms with E-state index in [4.69, 9.17) is 10.5 Å². The zero-order valence-electron chi connectivity index (χ0n) is 10.5. The van der Waals surface area contributed by atoms with Crippen LogP contribution >= 0.6 is 0 Å². The molecular weight excluding hydrogens is 245 g/mol. The first kappa shape index (κ1) is 13.1. The summed E-state index contributed by atoms with van der Waals surface area (Å²) in [5.41, 5.74) is 7.06. The molecule has 0 aliphatic heterocycles. The highest BCUT2D eigenvalue weighted by Crippen LogP contribution is 2.17. The molecule has 3 nitrogen and oxygen atoms in total. The largest absolute Gasteiger partial charge is 0.489 e. The first-order chi connectivity index (χ1) is 9.06. The minimum Gasteiger partial charge on any atom is -0.489 e. The molecule has 2 rings (SSSR count). The van der Waals surface area contributed by atoms with Crippen LogP contribution < -0.4 is 10.5 Å². The lowest BCUT2D eigenvalue weighted by Crippen LogP contribution is -2.10. The van der Waals surface area contributed by atoms with Gasteiger partial charge in [-0.3, -0.25) is 4.79 Å². The van der Waals surface area contributed by atoms with E-state index in [0.29, 0.717) is 23.5 Å². The predicted octanol–water partition coefficient (Wildman–Crippen LogP) is 2.81. The number of hydrogen-bond donors (Lipinski definition) is 1. The lowest BCUT2D eigenvalue weighted by molar-refractivity contribution is 0.1000. The summed E-state index contributed by atoms with van der Waals surface area (Å²) in [6.45, 7) is 2.00. The summed E-state index contributed by atoms with van der Waals surface area (Å²) < 4.78 is 18.8. The molecule has 0 atom stereocenters. The summed E-state index contributed by atoms with van der Waals surface area (Å²) in [4.78, 5) is 10.9. The monoisotopic (exact) mass is 259 g/mol. The van der Waals surface area contributed by atoms with Crippen LogP contribution in [0.5, 0.6) is 5.75 Å². The van der Waals surface area contributed by atoms with E-state index in [2.05, 4.69) is 0 Å². The topological polar surface area (TPSA) is 52.3 Å². The van der Waals surface area contributed by atoms with Crippen molar-refractivity contribution in [3.63, 3.8) is 0 Å². The van der Waals surface area contributed by atoms with E-state index >= 15 is 0 Å². The third kappa shape index (κ3) is 3.31. The minimum atomic E-state index is -0.465. The van der Waals surface area contributed by atoms with Gasteiger partial charge in [-0.2, -0.15) is 0 Å². The van der Waals surface area contributed by atoms with Crippen molar-refractivity contribution >= 4 is 5.91 Å². The Balaban J connectivity index is 2.01. The second-order valence-electron chi connectivity index (χ2n) is 4.26. The molecule has 0 aromatic heterocycles. The van der Waals surface area contributed by atoms with Gasteiger partial charge in [0.1, 0.15) is 18.2 Å². The standard InChI is InChI=1S/C15H14FNO2/c1-10-2-7-13(8-14(10)16)19-9-11-3-5-12(6-4-11)15(17)18/h2-8H,9H2,1H3,(H2,17,18). The molecule has 1 amide bonds. The van der Waals surface area contributed by atoms with Crippen molar-refractivity contribution < 1.29 is 13.9 Å². The highest BCUT2D eigenvalue weighted by Gasteiger charge is 2.02. The first-order valence-electron chi connectivity index (χ1n) is 5.84. The quantitative estimate of drug-likeness (QED) is 0.917. The SMILES string of the molecule is Cc1ccc(OCc2ccc(C(N)=O)cc2)cc1F. The molecular formula is C15H14FNO2. The van der Waals surface area contributed by atoms with Crippen LogP contribution in [0.2, 0.25) is 0 Å². The Morgan fingerprint density at radius 3 is 2.47 bits per heavy atom. The number of benzene rings is 2. The fourth-order valence-corrected chi connectivity index (χ4v) is 1.60. The molecule has 2 aromatic rings. The second kappa shape index (κ2) is 5.52. The number of carbonyl (C=O) groups excluding carboxylic acids is 1. The average Bonchev–Trinajstić information content (AvgIpc) is 2.40. The number of ether oxygens (including phenoxy) is 1. The maximum atomic E-state index is 13.3. The van der Waals surface area contributed by atoms with Crippen LogP contribution in [-0.2, 0) is 6.61 Å². The van der Waals surface area contributed by atoms with Crippen LogP contribution in [0, 0.1) is 12.7 Å². The zero-order chi connectivity index (χ0) is 13.8. The van der Waals surface area contributed by atoms with Crippen molar-refractivity contribution in [2.75, 3.05) is 0 Å². The maximum Gasteiger partial charge on any atom is 0.248 e. The predicted molar refractivity (Wildman–Crippen MR) is 70.4 cm³/mol. The molecule has 0 bridgehead atoms. The Morgan fingerprint density at radius 1 is 1.21 bits per heavy atom. The smallest absolute Gasteiger partial charge is 0.248 e. The molecule has 0 spiro atoms. The van der Waals surface area contributed by atoms with Gasteiger partial charge in [-0.15, -0.1) is 0 Å². The van der Waals surface area contributed by atoms with Crippen LogP contribution in [0.1, 0.15) is 21.5 Å². The molecule has 0 heterocycles. The highest BCUT2D eigenvalue weighted by molar-refractivity contribution is 5.92. The molecule has 0 unspecified atom stereocenters. The van der Waals surface area contributed by atoms with E-state index in [1.54, 1.807) is 43.3 Å². The summed E-state index contributed by atoms with van der Waals surface area (Å²) in [5, 5.41) is 0. The van der Waals surface area contributed by atoms with Gasteiger partial charge in [-0.25, -0.2) is 4.39 Å². The summed E-state index contributed by atoms with van der Waals surface area (Å²) in [7, 11) is 0. The van der Waals surface area contributed by atoms with E-state index < -0.39 is 5.91 Å². The third-order valence-corrected chi connectivity index (χ3v) is 2.79. The molecule has 2 aromatic carbocycles. The summed E-state index contributed by atoms with van der Waals surface area (Å²) in [6.07, 6.45) is 0. The molecule has 0 saturated carbocycles. The van der Waals surface area contributed by atoms with Gasteiger partial charge in [0.2, 0.25) is 5.91 Å². The van der Waals surface area contributed by atoms with Gasteiger partial charge in [0.15, 0.2) is 0 Å². The van der Waals surface area contributed by atoms with Gasteiger partial charge in [-0.05, 0) is 36.2 Å². The Bertz CT molecular complexity index is 594. The van der Waals surface area contributed by atoms with Crippen molar-refractivity contribution in [3.8, 4) is 5.75 Å². The van der Waals surface area contributed by atoms with Crippen molar-refractivity contribution in [3.05, 3.63) is 65.0 Å². The molecule has 98 valence electrons. The third-order valence-electron chi connectivity index (χ3n) is 2.79. The minimum absolute atomic E-state index is 0.290. The fourth-order valence-electron chi connectivity index (χ4n) is 1.60. The molecule has 2 N–H and O–H groups in total. The number of hydrogen-bond acceptors (Lipinski definition) is 2. The number of aryl methyl sites for hydroxylation is 1. The summed E-state index contributed by atoms with van der Waals surface area (Å²) >= 11 is 0. The summed E-state index contributed by atoms with van der Waals surface area (Å²) in [6, 6.07) is 11.5. The lowest BCUT2D eigenvalue weighted by atomic mass is 10.1. The van der Waals surface area contributed by atoms with Crippen LogP contribution in [-0.4, -0.2) is 5.91 Å². The maximum absolute atomic E-state index is 13.3. The Labute approximate surface area is 110 Å². The van der Waals surface area contributed by atoms with E-state index in [1.807, 2.05) is 0 Å². The van der Waals surface area contributed by atoms with Crippen LogP contribution in [0.3, 0.4) is 0 Å². The number of carbonyl (C=O) groups is 1. The average molecular weight is 259 g/mol. The number of primary amides is 1. The molecule has 19 heavy (non-hydrogen) atoms. The van der Waals surface area contributed by atoms with Crippen molar-refractivity contribution in [2.24, 2.45) is 5.73 Å². The first-order valence-corrected chi connectivity index (χ1v) is 5.84. The zero-order valence-corrected chi connectivity index (χ0v) is 10.5. The number of nitrogens with two attached hydrogens (primary N) is 1. The van der Waals surface area contributed by atoms with E-state index in [9.17, 15) is 9.18 Å². The van der Waals surface area contributed by atoms with Crippen molar-refractivity contribution in [1.29, 1.82) is 0 Å². The van der Waals surface area contributed by atoms with Gasteiger partial charge in [0, 0.05) is 11.6 Å². The van der Waals surface area contributed by atoms with Gasteiger partial charge >= 0.3 is 0 Å². The molecule has 0 aliphatic carbocycles. The van der Waals surface area contributed by atoms with Crippen LogP contribution in [0.15, 0.2) is 42.5 Å². The van der Waals surface area contributed by atoms with Gasteiger partial charge in [0.05, 0.1) is 0 Å². The Hall–Kier alpha value is -2.36. The Morgan fingerprint density at radius 2 is 1.89 bits per heavy atom. The molecule has 4 heteroatoms. The van der Waals surface area contributed by atoms with E-state index in [1.165, 1.54) is 6.07 Å². The molecule has 0 aliphatic rings.